The molecule has 0 spiro atoms. The van der Waals surface area contributed by atoms with Gasteiger partial charge in [-0.15, -0.1) is 0 Å². The molecule has 1 aromatic rings. The van der Waals surface area contributed by atoms with Gasteiger partial charge in [-0.1, -0.05) is 42.5 Å². The summed E-state index contributed by atoms with van der Waals surface area (Å²) in [6, 6.07) is 10.6. The molecule has 1 aromatic carbocycles. The molecule has 28 heavy (non-hydrogen) atoms. The molecule has 1 fully saturated rings. The van der Waals surface area contributed by atoms with Crippen molar-refractivity contribution in [3.05, 3.63) is 42.0 Å². The van der Waals surface area contributed by atoms with Crippen LogP contribution in [0, 0.1) is 0 Å². The molecular weight excluding hydrogens is 350 g/mol. The fourth-order valence-electron chi connectivity index (χ4n) is 3.13. The summed E-state index contributed by atoms with van der Waals surface area (Å²) in [5.41, 5.74) is 1.24. The largest absolute Gasteiger partial charge is 0.357 e. The number of nitrogens with one attached hydrogen (secondary N) is 2. The van der Waals surface area contributed by atoms with E-state index in [-0.39, 0.29) is 11.9 Å². The normalized spacial score (nSPS) is 16.0. The fraction of sp³-hybridized carbons (Fsp3) is 0.545. The van der Waals surface area contributed by atoms with E-state index in [4.69, 9.17) is 0 Å². The van der Waals surface area contributed by atoms with Crippen LogP contribution in [-0.2, 0) is 4.79 Å². The van der Waals surface area contributed by atoms with Gasteiger partial charge in [0.1, 0.15) is 0 Å². The van der Waals surface area contributed by atoms with Gasteiger partial charge in [-0.3, -0.25) is 14.7 Å². The number of benzene rings is 1. The first-order valence-electron chi connectivity index (χ1n) is 10.3. The third kappa shape index (κ3) is 8.13. The zero-order chi connectivity index (χ0) is 20.2. The van der Waals surface area contributed by atoms with Gasteiger partial charge in [-0.2, -0.15) is 0 Å². The summed E-state index contributed by atoms with van der Waals surface area (Å²) in [5, 5.41) is 6.27. The van der Waals surface area contributed by atoms with Crippen LogP contribution in [0.3, 0.4) is 0 Å². The van der Waals surface area contributed by atoms with Crippen molar-refractivity contribution >= 4 is 17.9 Å². The molecule has 1 heterocycles. The Balaban J connectivity index is 1.77. The summed E-state index contributed by atoms with van der Waals surface area (Å²) in [4.78, 5) is 21.2. The van der Waals surface area contributed by atoms with E-state index in [0.717, 1.165) is 45.2 Å². The van der Waals surface area contributed by atoms with Gasteiger partial charge in [-0.05, 0) is 26.3 Å². The monoisotopic (exact) mass is 385 g/mol. The van der Waals surface area contributed by atoms with E-state index >= 15 is 0 Å². The Kier molecular flexibility index (Phi) is 9.55. The van der Waals surface area contributed by atoms with E-state index in [1.165, 1.54) is 5.56 Å². The maximum absolute atomic E-state index is 11.8. The van der Waals surface area contributed by atoms with Crippen molar-refractivity contribution < 1.29 is 4.79 Å². The third-order valence-electron chi connectivity index (χ3n) is 4.53. The van der Waals surface area contributed by atoms with Crippen LogP contribution in [0.2, 0.25) is 0 Å². The maximum Gasteiger partial charge on any atom is 0.222 e. The van der Waals surface area contributed by atoms with Gasteiger partial charge in [-0.25, -0.2) is 0 Å². The lowest BCUT2D eigenvalue weighted by Gasteiger charge is -2.36. The minimum absolute atomic E-state index is 0.0598. The molecule has 6 heteroatoms. The average Bonchev–Trinajstić information content (AvgIpc) is 2.68. The van der Waals surface area contributed by atoms with E-state index in [0.29, 0.717) is 13.0 Å². The molecule has 2 N–H and O–H groups in total. The molecular formula is C22H35N5O. The van der Waals surface area contributed by atoms with Gasteiger partial charge in [0.2, 0.25) is 5.91 Å². The number of hydrogen-bond donors (Lipinski definition) is 2. The summed E-state index contributed by atoms with van der Waals surface area (Å²) >= 11 is 0. The highest BCUT2D eigenvalue weighted by Crippen LogP contribution is 2.05. The molecule has 0 saturated carbocycles. The van der Waals surface area contributed by atoms with Crippen LogP contribution in [0.5, 0.6) is 0 Å². The zero-order valence-corrected chi connectivity index (χ0v) is 17.5. The van der Waals surface area contributed by atoms with E-state index in [1.807, 2.05) is 19.9 Å². The van der Waals surface area contributed by atoms with Gasteiger partial charge >= 0.3 is 0 Å². The van der Waals surface area contributed by atoms with Crippen LogP contribution in [0.1, 0.15) is 32.8 Å². The molecule has 0 radical (unpaired) electrons. The van der Waals surface area contributed by atoms with Crippen LogP contribution in [0.15, 0.2) is 41.4 Å². The van der Waals surface area contributed by atoms with Crippen molar-refractivity contribution in [1.82, 2.24) is 20.4 Å². The summed E-state index contributed by atoms with van der Waals surface area (Å²) in [6.45, 7) is 12.2. The van der Waals surface area contributed by atoms with E-state index in [2.05, 4.69) is 68.8 Å². The third-order valence-corrected chi connectivity index (χ3v) is 4.53. The number of carbonyl (C=O) groups excluding carboxylic acids is 1. The first-order chi connectivity index (χ1) is 13.6. The van der Waals surface area contributed by atoms with Gasteiger partial charge in [0.05, 0.1) is 6.54 Å². The number of rotatable bonds is 8. The SMILES string of the molecule is CCNC(=NCCC(=O)NC(C)C)N1CCN(C/C=C/c2ccccc2)CC1. The topological polar surface area (TPSA) is 60.0 Å². The van der Waals surface area contributed by atoms with Crippen molar-refractivity contribution in [3.8, 4) is 0 Å². The predicted molar refractivity (Wildman–Crippen MR) is 117 cm³/mol. The minimum Gasteiger partial charge on any atom is -0.357 e. The minimum atomic E-state index is 0.0598. The lowest BCUT2D eigenvalue weighted by molar-refractivity contribution is -0.121. The number of carbonyl (C=O) groups is 1. The molecule has 0 atom stereocenters. The molecule has 154 valence electrons. The highest BCUT2D eigenvalue weighted by Gasteiger charge is 2.18. The second-order valence-corrected chi connectivity index (χ2v) is 7.31. The number of piperazine rings is 1. The summed E-state index contributed by atoms with van der Waals surface area (Å²) in [5.74, 6) is 0.976. The maximum atomic E-state index is 11.8. The smallest absolute Gasteiger partial charge is 0.222 e. The van der Waals surface area contributed by atoms with Crippen LogP contribution in [0.25, 0.3) is 6.08 Å². The van der Waals surface area contributed by atoms with Crippen LogP contribution in [0.4, 0.5) is 0 Å². The van der Waals surface area contributed by atoms with E-state index in [9.17, 15) is 4.79 Å². The zero-order valence-electron chi connectivity index (χ0n) is 17.5. The fourth-order valence-corrected chi connectivity index (χ4v) is 3.13. The molecule has 2 rings (SSSR count). The quantitative estimate of drug-likeness (QED) is 0.532. The van der Waals surface area contributed by atoms with Crippen molar-refractivity contribution in [2.24, 2.45) is 4.99 Å². The molecule has 0 aliphatic carbocycles. The number of aliphatic imine (C=N–C) groups is 1. The first kappa shape index (κ1) is 22.0. The van der Waals surface area contributed by atoms with Crippen LogP contribution in [-0.4, -0.2) is 73.5 Å². The van der Waals surface area contributed by atoms with Gasteiger partial charge in [0.15, 0.2) is 5.96 Å². The summed E-state index contributed by atoms with van der Waals surface area (Å²) in [7, 11) is 0. The van der Waals surface area contributed by atoms with Crippen molar-refractivity contribution in [2.75, 3.05) is 45.8 Å². The van der Waals surface area contributed by atoms with Crippen molar-refractivity contribution in [3.63, 3.8) is 0 Å². The molecule has 1 aliphatic rings. The Morgan fingerprint density at radius 1 is 1.18 bits per heavy atom. The van der Waals surface area contributed by atoms with E-state index < -0.39 is 0 Å². The molecule has 1 aliphatic heterocycles. The Hall–Kier alpha value is -2.34. The molecule has 6 nitrogen and oxygen atoms in total. The van der Waals surface area contributed by atoms with Crippen molar-refractivity contribution in [1.29, 1.82) is 0 Å². The Labute approximate surface area is 169 Å². The number of hydrogen-bond acceptors (Lipinski definition) is 3. The average molecular weight is 386 g/mol. The number of guanidine groups is 1. The lowest BCUT2D eigenvalue weighted by atomic mass is 10.2. The number of nitrogens with zero attached hydrogens (tertiary/aromatic N) is 3. The standard InChI is InChI=1S/C22H35N5O/c1-4-23-22(24-13-12-21(28)25-19(2)3)27-17-15-26(16-18-27)14-8-11-20-9-6-5-7-10-20/h5-11,19H,4,12-18H2,1-3H3,(H,23,24)(H,25,28)/b11-8+. The number of amides is 1. The highest BCUT2D eigenvalue weighted by molar-refractivity contribution is 5.81. The highest BCUT2D eigenvalue weighted by atomic mass is 16.1. The van der Waals surface area contributed by atoms with Crippen LogP contribution >= 0.6 is 0 Å². The van der Waals surface area contributed by atoms with Gasteiger partial charge in [0, 0.05) is 51.7 Å². The molecule has 1 saturated heterocycles. The van der Waals surface area contributed by atoms with Crippen LogP contribution < -0.4 is 10.6 Å². The predicted octanol–water partition coefficient (Wildman–Crippen LogP) is 2.20. The molecule has 0 bridgehead atoms. The summed E-state index contributed by atoms with van der Waals surface area (Å²) in [6.07, 6.45) is 4.84. The molecule has 1 amide bonds. The first-order valence-corrected chi connectivity index (χ1v) is 10.3. The lowest BCUT2D eigenvalue weighted by Crippen LogP contribution is -2.52. The van der Waals surface area contributed by atoms with E-state index in [1.54, 1.807) is 0 Å². The molecule has 0 aromatic heterocycles. The molecule has 0 unspecified atom stereocenters. The second kappa shape index (κ2) is 12.2. The van der Waals surface area contributed by atoms with Gasteiger partial charge < -0.3 is 15.5 Å². The Morgan fingerprint density at radius 2 is 1.89 bits per heavy atom. The Morgan fingerprint density at radius 3 is 2.54 bits per heavy atom. The Bertz CT molecular complexity index is 634. The van der Waals surface area contributed by atoms with Gasteiger partial charge in [0.25, 0.3) is 0 Å². The second-order valence-electron chi connectivity index (χ2n) is 7.31. The summed E-state index contributed by atoms with van der Waals surface area (Å²) < 4.78 is 0. The van der Waals surface area contributed by atoms with Crippen molar-refractivity contribution in [2.45, 2.75) is 33.2 Å².